The maximum Gasteiger partial charge on any atom is 0.301 e. The Kier molecular flexibility index (Phi) is 3.09. The fourth-order valence-corrected chi connectivity index (χ4v) is 4.05. The molecule has 2 saturated heterocycles. The topological polar surface area (TPSA) is 61.1 Å². The van der Waals surface area contributed by atoms with Crippen molar-refractivity contribution in [2.45, 2.75) is 49.2 Å². The van der Waals surface area contributed by atoms with Crippen LogP contribution >= 0.6 is 0 Å². The number of carboxylic acid groups (broad SMARTS) is 1. The SMILES string of the molecule is N#Cc1cccc(C23[B]C(C(=O)O)(CCC2)CCC3)c1. The average molecular weight is 266 g/mol. The van der Waals surface area contributed by atoms with Gasteiger partial charge in [-0.25, -0.2) is 0 Å². The van der Waals surface area contributed by atoms with Crippen LogP contribution in [0.3, 0.4) is 0 Å². The standard InChI is InChI=1S/C16H17BNO2/c18-11-12-4-1-5-13(10-12)15-6-2-8-16(17-15,14(19)20)9-3-7-15/h1,4-5,10H,2-3,6-9H2,(H,19,20). The number of aliphatic carboxylic acids is 1. The third kappa shape index (κ3) is 1.93. The van der Waals surface area contributed by atoms with Crippen LogP contribution in [0.5, 0.6) is 0 Å². The number of carbonyl (C=O) groups is 1. The van der Waals surface area contributed by atoms with Crippen molar-refractivity contribution in [3.63, 3.8) is 0 Å². The van der Waals surface area contributed by atoms with Crippen LogP contribution < -0.4 is 0 Å². The van der Waals surface area contributed by atoms with Crippen molar-refractivity contribution in [1.29, 1.82) is 5.26 Å². The highest BCUT2D eigenvalue weighted by Gasteiger charge is 2.53. The first-order valence-electron chi connectivity index (χ1n) is 7.21. The quantitative estimate of drug-likeness (QED) is 0.837. The van der Waals surface area contributed by atoms with Gasteiger partial charge in [-0.2, -0.15) is 5.26 Å². The van der Waals surface area contributed by atoms with E-state index in [1.54, 1.807) is 6.07 Å². The maximum absolute atomic E-state index is 11.7. The Morgan fingerprint density at radius 2 is 1.95 bits per heavy atom. The maximum atomic E-state index is 11.7. The minimum Gasteiger partial charge on any atom is -0.481 e. The van der Waals surface area contributed by atoms with Crippen LogP contribution in [0.4, 0.5) is 0 Å². The van der Waals surface area contributed by atoms with Crippen molar-refractivity contribution in [3.8, 4) is 6.07 Å². The zero-order valence-corrected chi connectivity index (χ0v) is 11.4. The molecule has 1 aromatic rings. The summed E-state index contributed by atoms with van der Waals surface area (Å²) in [6, 6.07) is 9.86. The van der Waals surface area contributed by atoms with E-state index in [4.69, 9.17) is 5.26 Å². The Hall–Kier alpha value is -1.76. The number of hydrogen-bond donors (Lipinski definition) is 1. The lowest BCUT2D eigenvalue weighted by atomic mass is 9.28. The Bertz CT molecular complexity index is 580. The lowest BCUT2D eigenvalue weighted by molar-refractivity contribution is -0.142. The summed E-state index contributed by atoms with van der Waals surface area (Å²) in [7, 11) is 2.09. The molecule has 2 bridgehead atoms. The summed E-state index contributed by atoms with van der Waals surface area (Å²) in [5.41, 5.74) is 1.77. The lowest BCUT2D eigenvalue weighted by Crippen LogP contribution is -2.50. The number of benzene rings is 1. The van der Waals surface area contributed by atoms with Gasteiger partial charge < -0.3 is 5.11 Å². The Balaban J connectivity index is 2.02. The second-order valence-electron chi connectivity index (χ2n) is 6.16. The van der Waals surface area contributed by atoms with Gasteiger partial charge in [-0.1, -0.05) is 37.8 Å². The molecule has 0 saturated carbocycles. The van der Waals surface area contributed by atoms with Crippen LogP contribution in [0.1, 0.15) is 49.7 Å². The van der Waals surface area contributed by atoms with E-state index in [1.807, 2.05) is 18.2 Å². The predicted molar refractivity (Wildman–Crippen MR) is 76.6 cm³/mol. The molecule has 3 nitrogen and oxygen atoms in total. The summed E-state index contributed by atoms with van der Waals surface area (Å²) in [4.78, 5) is 11.7. The van der Waals surface area contributed by atoms with E-state index in [2.05, 4.69) is 13.3 Å². The van der Waals surface area contributed by atoms with E-state index in [0.29, 0.717) is 5.56 Å². The highest BCUT2D eigenvalue weighted by atomic mass is 16.4. The predicted octanol–water partition coefficient (Wildman–Crippen LogP) is 3.07. The Labute approximate surface area is 119 Å². The van der Waals surface area contributed by atoms with Crippen molar-refractivity contribution in [1.82, 2.24) is 0 Å². The average Bonchev–Trinajstić information content (AvgIpc) is 2.47. The third-order valence-corrected chi connectivity index (χ3v) is 5.04. The molecule has 20 heavy (non-hydrogen) atoms. The first-order chi connectivity index (χ1) is 9.60. The number of rotatable bonds is 2. The lowest BCUT2D eigenvalue weighted by Gasteiger charge is -2.50. The van der Waals surface area contributed by atoms with Gasteiger partial charge >= 0.3 is 5.97 Å². The van der Waals surface area contributed by atoms with Crippen LogP contribution in [0.15, 0.2) is 24.3 Å². The number of hydrogen-bond acceptors (Lipinski definition) is 2. The van der Waals surface area contributed by atoms with Gasteiger partial charge in [0.2, 0.25) is 0 Å². The Morgan fingerprint density at radius 1 is 1.25 bits per heavy atom. The van der Waals surface area contributed by atoms with E-state index in [1.165, 1.54) is 0 Å². The molecule has 4 heteroatoms. The highest BCUT2D eigenvalue weighted by Crippen LogP contribution is 2.55. The van der Waals surface area contributed by atoms with E-state index >= 15 is 0 Å². The summed E-state index contributed by atoms with van der Waals surface area (Å²) in [5, 5.41) is 17.9. The molecule has 2 fully saturated rings. The molecule has 101 valence electrons. The van der Waals surface area contributed by atoms with Crippen molar-refractivity contribution < 1.29 is 9.90 Å². The third-order valence-electron chi connectivity index (χ3n) is 5.04. The zero-order chi connectivity index (χ0) is 14.2. The van der Waals surface area contributed by atoms with Crippen molar-refractivity contribution in [2.24, 2.45) is 0 Å². The fraction of sp³-hybridized carbons (Fsp3) is 0.500. The van der Waals surface area contributed by atoms with Gasteiger partial charge in [-0.05, 0) is 35.9 Å². The molecule has 1 radical (unpaired) electrons. The van der Waals surface area contributed by atoms with Gasteiger partial charge in [0.25, 0.3) is 0 Å². The molecule has 2 heterocycles. The number of nitrogens with zero attached hydrogens (tertiary/aromatic N) is 1. The molecule has 0 aliphatic carbocycles. The molecule has 0 amide bonds. The van der Waals surface area contributed by atoms with Crippen LogP contribution in [0.25, 0.3) is 0 Å². The Morgan fingerprint density at radius 3 is 2.55 bits per heavy atom. The number of carboxylic acids is 1. The molecular formula is C16H17BNO2. The highest BCUT2D eigenvalue weighted by molar-refractivity contribution is 6.51. The van der Waals surface area contributed by atoms with E-state index < -0.39 is 11.3 Å². The minimum absolute atomic E-state index is 0.151. The van der Waals surface area contributed by atoms with Gasteiger partial charge in [-0.15, -0.1) is 0 Å². The van der Waals surface area contributed by atoms with Crippen LogP contribution in [0.2, 0.25) is 5.31 Å². The van der Waals surface area contributed by atoms with Gasteiger partial charge in [0.15, 0.2) is 0 Å². The molecule has 3 rings (SSSR count). The van der Waals surface area contributed by atoms with E-state index in [0.717, 1.165) is 44.1 Å². The van der Waals surface area contributed by atoms with Crippen molar-refractivity contribution >= 4 is 13.2 Å². The fourth-order valence-electron chi connectivity index (χ4n) is 4.05. The van der Waals surface area contributed by atoms with Gasteiger partial charge in [0, 0.05) is 5.31 Å². The number of fused-ring (bicyclic) bond motifs is 2. The summed E-state index contributed by atoms with van der Waals surface area (Å²) in [5.74, 6) is -0.683. The van der Waals surface area contributed by atoms with Gasteiger partial charge in [-0.3, -0.25) is 4.79 Å². The van der Waals surface area contributed by atoms with Gasteiger partial charge in [0.1, 0.15) is 7.28 Å². The molecule has 0 spiro atoms. The molecule has 2 aliphatic rings. The van der Waals surface area contributed by atoms with Crippen LogP contribution in [-0.2, 0) is 10.1 Å². The van der Waals surface area contributed by atoms with Crippen LogP contribution in [-0.4, -0.2) is 18.4 Å². The molecular weight excluding hydrogens is 249 g/mol. The molecule has 2 aliphatic heterocycles. The molecule has 0 atom stereocenters. The van der Waals surface area contributed by atoms with Crippen molar-refractivity contribution in [3.05, 3.63) is 35.4 Å². The van der Waals surface area contributed by atoms with Crippen molar-refractivity contribution in [2.75, 3.05) is 0 Å². The second-order valence-corrected chi connectivity index (χ2v) is 6.16. The number of nitriles is 1. The minimum atomic E-state index is -0.683. The molecule has 1 aromatic carbocycles. The normalized spacial score (nSPS) is 31.9. The van der Waals surface area contributed by atoms with E-state index in [-0.39, 0.29) is 5.31 Å². The summed E-state index contributed by atoms with van der Waals surface area (Å²) < 4.78 is 0. The summed E-state index contributed by atoms with van der Waals surface area (Å²) >= 11 is 0. The summed E-state index contributed by atoms with van der Waals surface area (Å²) in [6.45, 7) is 0. The molecule has 0 aromatic heterocycles. The molecule has 1 N–H and O–H groups in total. The molecule has 0 unspecified atom stereocenters. The van der Waals surface area contributed by atoms with Crippen LogP contribution in [0, 0.1) is 11.3 Å². The largest absolute Gasteiger partial charge is 0.481 e. The first kappa shape index (κ1) is 13.2. The zero-order valence-electron chi connectivity index (χ0n) is 11.4. The van der Waals surface area contributed by atoms with E-state index in [9.17, 15) is 9.90 Å². The monoisotopic (exact) mass is 266 g/mol. The second kappa shape index (κ2) is 4.66. The summed E-state index contributed by atoms with van der Waals surface area (Å²) in [6.07, 6.45) is 5.39. The van der Waals surface area contributed by atoms with Gasteiger partial charge in [0.05, 0.1) is 11.6 Å². The first-order valence-corrected chi connectivity index (χ1v) is 7.21. The smallest absolute Gasteiger partial charge is 0.301 e.